The van der Waals surface area contributed by atoms with Crippen LogP contribution in [0.3, 0.4) is 0 Å². The van der Waals surface area contributed by atoms with Crippen molar-refractivity contribution >= 4 is 5.91 Å². The summed E-state index contributed by atoms with van der Waals surface area (Å²) in [5.41, 5.74) is 0. The molecule has 0 aromatic rings. The molecule has 0 saturated carbocycles. The van der Waals surface area contributed by atoms with Crippen molar-refractivity contribution in [2.24, 2.45) is 11.8 Å². The fourth-order valence-corrected chi connectivity index (χ4v) is 1.77. The van der Waals surface area contributed by atoms with Crippen molar-refractivity contribution in [3.8, 4) is 6.07 Å². The van der Waals surface area contributed by atoms with Gasteiger partial charge in [-0.1, -0.05) is 6.92 Å². The van der Waals surface area contributed by atoms with Crippen molar-refractivity contribution in [3.05, 3.63) is 0 Å². The van der Waals surface area contributed by atoms with Gasteiger partial charge in [-0.05, 0) is 19.9 Å². The van der Waals surface area contributed by atoms with E-state index in [1.807, 2.05) is 0 Å². The van der Waals surface area contributed by atoms with Crippen LogP contribution in [-0.4, -0.2) is 38.3 Å². The second-order valence-corrected chi connectivity index (χ2v) is 4.48. The van der Waals surface area contributed by atoms with Gasteiger partial charge in [0.15, 0.2) is 0 Å². The maximum atomic E-state index is 11.9. The SMILES string of the molecule is CCCNC1COCC1C(=O)NCC(C)C#N. The third-order valence-electron chi connectivity index (χ3n) is 2.88. The lowest BCUT2D eigenvalue weighted by Gasteiger charge is -2.18. The number of nitrogens with one attached hydrogen (secondary N) is 2. The maximum absolute atomic E-state index is 11.9. The number of ether oxygens (including phenoxy) is 1. The van der Waals surface area contributed by atoms with Crippen LogP contribution < -0.4 is 10.6 Å². The average Bonchev–Trinajstić information content (AvgIpc) is 2.81. The average molecular weight is 239 g/mol. The Balaban J connectivity index is 2.37. The summed E-state index contributed by atoms with van der Waals surface area (Å²) in [6, 6.07) is 2.20. The Kier molecular flexibility index (Phi) is 5.95. The summed E-state index contributed by atoms with van der Waals surface area (Å²) in [5.74, 6) is -0.297. The minimum Gasteiger partial charge on any atom is -0.379 e. The van der Waals surface area contributed by atoms with E-state index in [9.17, 15) is 4.79 Å². The number of carbonyl (C=O) groups is 1. The van der Waals surface area contributed by atoms with E-state index in [2.05, 4.69) is 23.6 Å². The molecule has 5 heteroatoms. The molecule has 3 unspecified atom stereocenters. The second-order valence-electron chi connectivity index (χ2n) is 4.48. The Morgan fingerprint density at radius 3 is 3.00 bits per heavy atom. The van der Waals surface area contributed by atoms with Gasteiger partial charge in [-0.3, -0.25) is 4.79 Å². The zero-order valence-electron chi connectivity index (χ0n) is 10.5. The molecule has 96 valence electrons. The van der Waals surface area contributed by atoms with Crippen LogP contribution in [0, 0.1) is 23.2 Å². The molecule has 1 amide bonds. The molecule has 5 nitrogen and oxygen atoms in total. The van der Waals surface area contributed by atoms with E-state index in [4.69, 9.17) is 10.00 Å². The highest BCUT2D eigenvalue weighted by molar-refractivity contribution is 5.79. The summed E-state index contributed by atoms with van der Waals surface area (Å²) < 4.78 is 5.33. The van der Waals surface area contributed by atoms with Gasteiger partial charge in [-0.25, -0.2) is 0 Å². The topological polar surface area (TPSA) is 74.2 Å². The predicted molar refractivity (Wildman–Crippen MR) is 64.2 cm³/mol. The first-order chi connectivity index (χ1) is 8.19. The molecule has 1 fully saturated rings. The summed E-state index contributed by atoms with van der Waals surface area (Å²) in [4.78, 5) is 11.9. The summed E-state index contributed by atoms with van der Waals surface area (Å²) in [6.45, 7) is 6.24. The molecule has 1 rings (SSSR count). The highest BCUT2D eigenvalue weighted by Gasteiger charge is 2.33. The van der Waals surface area contributed by atoms with E-state index < -0.39 is 0 Å². The number of amides is 1. The molecule has 1 heterocycles. The largest absolute Gasteiger partial charge is 0.379 e. The standard InChI is InChI=1S/C12H21N3O2/c1-3-4-14-11-8-17-7-10(11)12(16)15-6-9(2)5-13/h9-11,14H,3-4,6-8H2,1-2H3,(H,15,16). The molecule has 1 aliphatic heterocycles. The molecule has 1 aliphatic rings. The Bertz CT molecular complexity index is 288. The van der Waals surface area contributed by atoms with Crippen LogP contribution in [0.25, 0.3) is 0 Å². The van der Waals surface area contributed by atoms with E-state index in [0.717, 1.165) is 13.0 Å². The molecule has 0 bridgehead atoms. The molecule has 0 aromatic carbocycles. The summed E-state index contributed by atoms with van der Waals surface area (Å²) in [5, 5.41) is 14.8. The molecule has 3 atom stereocenters. The van der Waals surface area contributed by atoms with Gasteiger partial charge in [0.05, 0.1) is 31.1 Å². The smallest absolute Gasteiger partial charge is 0.227 e. The fourth-order valence-electron chi connectivity index (χ4n) is 1.77. The van der Waals surface area contributed by atoms with Crippen LogP contribution in [0.15, 0.2) is 0 Å². The van der Waals surface area contributed by atoms with Crippen molar-refractivity contribution in [1.82, 2.24) is 10.6 Å². The lowest BCUT2D eigenvalue weighted by molar-refractivity contribution is -0.125. The quantitative estimate of drug-likeness (QED) is 0.698. The Morgan fingerprint density at radius 2 is 2.35 bits per heavy atom. The number of hydrogen-bond acceptors (Lipinski definition) is 4. The molecule has 0 spiro atoms. The number of rotatable bonds is 6. The highest BCUT2D eigenvalue weighted by atomic mass is 16.5. The Labute approximate surface area is 103 Å². The zero-order valence-corrected chi connectivity index (χ0v) is 10.5. The molecule has 0 radical (unpaired) electrons. The fraction of sp³-hybridized carbons (Fsp3) is 0.833. The molecule has 2 N–H and O–H groups in total. The van der Waals surface area contributed by atoms with Crippen LogP contribution in [0.4, 0.5) is 0 Å². The number of carbonyl (C=O) groups excluding carboxylic acids is 1. The molecular weight excluding hydrogens is 218 g/mol. The normalized spacial score (nSPS) is 25.2. The van der Waals surface area contributed by atoms with Crippen LogP contribution >= 0.6 is 0 Å². The summed E-state index contributed by atoms with van der Waals surface area (Å²) >= 11 is 0. The third kappa shape index (κ3) is 4.33. The van der Waals surface area contributed by atoms with Gasteiger partial charge in [-0.15, -0.1) is 0 Å². The van der Waals surface area contributed by atoms with Crippen molar-refractivity contribution in [1.29, 1.82) is 5.26 Å². The van der Waals surface area contributed by atoms with Gasteiger partial charge in [0.1, 0.15) is 0 Å². The maximum Gasteiger partial charge on any atom is 0.227 e. The minimum atomic E-state index is -0.150. The second kappa shape index (κ2) is 7.25. The molecular formula is C12H21N3O2. The Hall–Kier alpha value is -1.12. The van der Waals surface area contributed by atoms with E-state index in [-0.39, 0.29) is 23.8 Å². The lowest BCUT2D eigenvalue weighted by Crippen LogP contribution is -2.45. The van der Waals surface area contributed by atoms with Crippen molar-refractivity contribution in [3.63, 3.8) is 0 Å². The van der Waals surface area contributed by atoms with Gasteiger partial charge < -0.3 is 15.4 Å². The van der Waals surface area contributed by atoms with Gasteiger partial charge >= 0.3 is 0 Å². The summed E-state index contributed by atoms with van der Waals surface area (Å²) in [7, 11) is 0. The van der Waals surface area contributed by atoms with Gasteiger partial charge in [0.2, 0.25) is 5.91 Å². The molecule has 0 aromatic heterocycles. The third-order valence-corrected chi connectivity index (χ3v) is 2.88. The van der Waals surface area contributed by atoms with Gasteiger partial charge in [0, 0.05) is 12.6 Å². The van der Waals surface area contributed by atoms with Gasteiger partial charge in [0.25, 0.3) is 0 Å². The van der Waals surface area contributed by atoms with Crippen LogP contribution in [-0.2, 0) is 9.53 Å². The first-order valence-corrected chi connectivity index (χ1v) is 6.17. The van der Waals surface area contributed by atoms with E-state index >= 15 is 0 Å². The number of nitrogens with zero attached hydrogens (tertiary/aromatic N) is 1. The number of hydrogen-bond donors (Lipinski definition) is 2. The van der Waals surface area contributed by atoms with Crippen LogP contribution in [0.2, 0.25) is 0 Å². The minimum absolute atomic E-state index is 0.0156. The van der Waals surface area contributed by atoms with Crippen molar-refractivity contribution in [2.75, 3.05) is 26.3 Å². The molecule has 0 aliphatic carbocycles. The van der Waals surface area contributed by atoms with Crippen molar-refractivity contribution < 1.29 is 9.53 Å². The van der Waals surface area contributed by atoms with E-state index in [0.29, 0.717) is 19.8 Å². The number of nitriles is 1. The van der Waals surface area contributed by atoms with Crippen LogP contribution in [0.1, 0.15) is 20.3 Å². The van der Waals surface area contributed by atoms with Gasteiger partial charge in [-0.2, -0.15) is 5.26 Å². The molecule has 17 heavy (non-hydrogen) atoms. The Morgan fingerprint density at radius 1 is 1.59 bits per heavy atom. The monoisotopic (exact) mass is 239 g/mol. The van der Waals surface area contributed by atoms with E-state index in [1.54, 1.807) is 6.92 Å². The summed E-state index contributed by atoms with van der Waals surface area (Å²) in [6.07, 6.45) is 1.04. The van der Waals surface area contributed by atoms with Crippen molar-refractivity contribution in [2.45, 2.75) is 26.3 Å². The molecule has 1 saturated heterocycles. The first kappa shape index (κ1) is 13.9. The van der Waals surface area contributed by atoms with Crippen LogP contribution in [0.5, 0.6) is 0 Å². The van der Waals surface area contributed by atoms with E-state index in [1.165, 1.54) is 0 Å². The highest BCUT2D eigenvalue weighted by Crippen LogP contribution is 2.14. The zero-order chi connectivity index (χ0) is 12.7. The predicted octanol–water partition coefficient (Wildman–Crippen LogP) is 0.277. The first-order valence-electron chi connectivity index (χ1n) is 6.17. The lowest BCUT2D eigenvalue weighted by atomic mass is 10.0.